The molecule has 0 aliphatic heterocycles. The van der Waals surface area contributed by atoms with Crippen LogP contribution < -0.4 is 0 Å². The topological polar surface area (TPSA) is 179 Å². The summed E-state index contributed by atoms with van der Waals surface area (Å²) in [6, 6.07) is 0. The first kappa shape index (κ1) is 27.6. The Morgan fingerprint density at radius 2 is 1.38 bits per heavy atom. The van der Waals surface area contributed by atoms with Crippen molar-refractivity contribution in [2.24, 2.45) is 0 Å². The number of hydrogen-bond acceptors (Lipinski definition) is 5. The van der Waals surface area contributed by atoms with E-state index < -0.39 is 23.0 Å². The Balaban J connectivity index is 0. The lowest BCUT2D eigenvalue weighted by molar-refractivity contribution is -0.114. The first-order valence-corrected chi connectivity index (χ1v) is 12.3. The highest BCUT2D eigenvalue weighted by Crippen LogP contribution is 2.57. The molecule has 0 bridgehead atoms. The number of carbonyl (C=O) groups is 1. The van der Waals surface area contributed by atoms with E-state index in [0.29, 0.717) is 12.0 Å². The maximum atomic E-state index is 11.1. The van der Waals surface area contributed by atoms with E-state index in [1.807, 2.05) is 0 Å². The highest BCUT2D eigenvalue weighted by molar-refractivity contribution is 7.63. The molecule has 0 saturated carbocycles. The van der Waals surface area contributed by atoms with Gasteiger partial charge in [0.25, 0.3) is 0 Å². The Kier molecular flexibility index (Phi) is 13.4. The van der Waals surface area contributed by atoms with Gasteiger partial charge in [0.2, 0.25) is 0 Å². The minimum Gasteiger partial charge on any atom is -0.324 e. The lowest BCUT2D eigenvalue weighted by atomic mass is 10.2. The molecule has 26 heavy (non-hydrogen) atoms. The van der Waals surface area contributed by atoms with Crippen molar-refractivity contribution in [3.05, 3.63) is 37.5 Å². The summed E-state index contributed by atoms with van der Waals surface area (Å²) in [5.41, 5.74) is 0.686. The average Bonchev–Trinajstić information content (AvgIpc) is 2.43. The lowest BCUT2D eigenvalue weighted by Gasteiger charge is -2.12. The van der Waals surface area contributed by atoms with Gasteiger partial charge < -0.3 is 24.5 Å². The standard InChI is InChI=1S/C7H14O6P2.C6H11O4P/c1-3-7(2)5-4-6-14(8,9)13-15(10,11)12;1-2-6(7)4-3-5-11(8,9)10/h3H,1-2,4-6H2,(H,8,9)(H2,10,11,12);2H,1,3-5H2,(H2,8,9,10). The molecular weight excluding hydrogens is 409 g/mol. The molecule has 0 aliphatic rings. The van der Waals surface area contributed by atoms with Gasteiger partial charge in [0.1, 0.15) is 0 Å². The van der Waals surface area contributed by atoms with Gasteiger partial charge in [-0.1, -0.05) is 31.4 Å². The fourth-order valence-electron chi connectivity index (χ4n) is 1.38. The van der Waals surface area contributed by atoms with Gasteiger partial charge in [-0.3, -0.25) is 13.9 Å². The second-order valence-corrected chi connectivity index (χ2v) is 10.2. The summed E-state index contributed by atoms with van der Waals surface area (Å²) in [4.78, 5) is 53.0. The van der Waals surface area contributed by atoms with Crippen LogP contribution in [0.1, 0.15) is 25.7 Å². The van der Waals surface area contributed by atoms with E-state index in [1.54, 1.807) is 0 Å². The van der Waals surface area contributed by atoms with Crippen LogP contribution in [0.5, 0.6) is 0 Å². The maximum absolute atomic E-state index is 11.1. The molecule has 0 aromatic rings. The van der Waals surface area contributed by atoms with Gasteiger partial charge in [-0.2, -0.15) is 0 Å². The fourth-order valence-corrected chi connectivity index (χ4v) is 4.16. The molecule has 1 atom stereocenters. The summed E-state index contributed by atoms with van der Waals surface area (Å²) in [7, 11) is -13.1. The van der Waals surface area contributed by atoms with Gasteiger partial charge in [-0.15, -0.1) is 0 Å². The molecule has 10 nitrogen and oxygen atoms in total. The molecule has 0 radical (unpaired) electrons. The van der Waals surface area contributed by atoms with Gasteiger partial charge in [-0.25, -0.2) is 8.88 Å². The molecule has 0 spiro atoms. The third kappa shape index (κ3) is 21.4. The molecule has 0 rings (SSSR count). The first-order chi connectivity index (χ1) is 11.6. The second kappa shape index (κ2) is 12.7. The van der Waals surface area contributed by atoms with Crippen LogP contribution in [-0.2, 0) is 22.8 Å². The minimum atomic E-state index is -4.91. The molecular formula is C13H25O10P3. The smallest absolute Gasteiger partial charge is 0.324 e. The van der Waals surface area contributed by atoms with Gasteiger partial charge in [0.05, 0.1) is 12.3 Å². The second-order valence-electron chi connectivity index (χ2n) is 5.06. The molecule has 0 fully saturated rings. The fraction of sp³-hybridized carbons (Fsp3) is 0.462. The third-order valence-electron chi connectivity index (χ3n) is 2.56. The Morgan fingerprint density at radius 3 is 1.77 bits per heavy atom. The zero-order valence-corrected chi connectivity index (χ0v) is 16.8. The van der Waals surface area contributed by atoms with Crippen LogP contribution in [0.4, 0.5) is 0 Å². The van der Waals surface area contributed by atoms with E-state index >= 15 is 0 Å². The van der Waals surface area contributed by atoms with Gasteiger partial charge >= 0.3 is 23.0 Å². The van der Waals surface area contributed by atoms with E-state index in [2.05, 4.69) is 24.0 Å². The summed E-state index contributed by atoms with van der Waals surface area (Å²) >= 11 is 0. The van der Waals surface area contributed by atoms with Crippen LogP contribution in [0.2, 0.25) is 0 Å². The normalized spacial score (nSPS) is 13.7. The number of allylic oxidation sites excluding steroid dienone is 3. The van der Waals surface area contributed by atoms with E-state index in [1.165, 1.54) is 6.08 Å². The highest BCUT2D eigenvalue weighted by Gasteiger charge is 2.29. The quantitative estimate of drug-likeness (QED) is 0.174. The Hall–Kier alpha value is -0.660. The summed E-state index contributed by atoms with van der Waals surface area (Å²) in [5, 5.41) is 0. The minimum absolute atomic E-state index is 0.161. The van der Waals surface area contributed by atoms with Gasteiger partial charge in [-0.05, 0) is 25.3 Å². The van der Waals surface area contributed by atoms with Crippen molar-refractivity contribution in [3.63, 3.8) is 0 Å². The SMILES string of the molecule is C=CC(=C)CCCP(=O)(O)OP(=O)(O)O.C=CC(=O)CCCP(=O)(O)O. The molecule has 0 saturated heterocycles. The van der Waals surface area contributed by atoms with Crippen molar-refractivity contribution in [1.82, 2.24) is 0 Å². The van der Waals surface area contributed by atoms with Crippen LogP contribution in [0.25, 0.3) is 0 Å². The predicted molar refractivity (Wildman–Crippen MR) is 97.7 cm³/mol. The lowest BCUT2D eigenvalue weighted by Crippen LogP contribution is -1.95. The molecule has 1 unspecified atom stereocenters. The third-order valence-corrected chi connectivity index (χ3v) is 6.21. The Bertz CT molecular complexity index is 630. The summed E-state index contributed by atoms with van der Waals surface area (Å²) in [5.74, 6) is -0.182. The van der Waals surface area contributed by atoms with Crippen molar-refractivity contribution in [3.8, 4) is 0 Å². The van der Waals surface area contributed by atoms with Crippen LogP contribution in [0.3, 0.4) is 0 Å². The first-order valence-electron chi connectivity index (χ1n) is 7.20. The molecule has 0 aliphatic carbocycles. The van der Waals surface area contributed by atoms with Crippen molar-refractivity contribution in [2.75, 3.05) is 12.3 Å². The van der Waals surface area contributed by atoms with Crippen molar-refractivity contribution in [2.45, 2.75) is 25.7 Å². The zero-order chi connectivity index (χ0) is 21.0. The molecule has 5 N–H and O–H groups in total. The summed E-state index contributed by atoms with van der Waals surface area (Å²) in [6.45, 7) is 10.3. The predicted octanol–water partition coefficient (Wildman–Crippen LogP) is 2.50. The highest BCUT2D eigenvalue weighted by atomic mass is 31.3. The van der Waals surface area contributed by atoms with Gasteiger partial charge in [0, 0.05) is 6.42 Å². The van der Waals surface area contributed by atoms with E-state index in [-0.39, 0.29) is 37.4 Å². The summed E-state index contributed by atoms with van der Waals surface area (Å²) in [6.07, 6.45) is 3.16. The molecule has 13 heteroatoms. The Morgan fingerprint density at radius 1 is 0.885 bits per heavy atom. The summed E-state index contributed by atoms with van der Waals surface area (Å²) < 4.78 is 35.4. The molecule has 0 aromatic heterocycles. The molecule has 0 amide bonds. The van der Waals surface area contributed by atoms with Crippen molar-refractivity contribution < 1.29 is 47.3 Å². The number of phosphoric acid groups is 1. The van der Waals surface area contributed by atoms with Crippen LogP contribution >= 0.6 is 23.0 Å². The van der Waals surface area contributed by atoms with E-state index in [4.69, 9.17) is 24.5 Å². The van der Waals surface area contributed by atoms with Crippen LogP contribution in [0, 0.1) is 0 Å². The van der Waals surface area contributed by atoms with E-state index in [9.17, 15) is 18.5 Å². The monoisotopic (exact) mass is 434 g/mol. The Labute approximate surface area is 152 Å². The largest absolute Gasteiger partial charge is 0.476 e. The number of rotatable bonds is 12. The molecule has 152 valence electrons. The van der Waals surface area contributed by atoms with Gasteiger partial charge in [0.15, 0.2) is 5.78 Å². The van der Waals surface area contributed by atoms with Crippen LogP contribution in [-0.4, -0.2) is 42.6 Å². The maximum Gasteiger partial charge on any atom is 0.476 e. The number of ketones is 1. The van der Waals surface area contributed by atoms with Crippen LogP contribution in [0.15, 0.2) is 37.5 Å². The molecule has 0 aromatic carbocycles. The number of carbonyl (C=O) groups excluding carboxylic acids is 1. The van der Waals surface area contributed by atoms with Crippen molar-refractivity contribution in [1.29, 1.82) is 0 Å². The zero-order valence-electron chi connectivity index (χ0n) is 14.1. The van der Waals surface area contributed by atoms with E-state index in [0.717, 1.165) is 6.08 Å². The number of hydrogen-bond donors (Lipinski definition) is 5. The molecule has 0 heterocycles. The van der Waals surface area contributed by atoms with Crippen molar-refractivity contribution >= 4 is 28.8 Å². The average molecular weight is 434 g/mol.